The van der Waals surface area contributed by atoms with Crippen LogP contribution < -0.4 is 10.9 Å². The number of rotatable bonds is 5. The standard InChI is InChI=1S/C14H22N4O2/c1-9-8-13(16-11(3)15-9)17-18-14(19)7-6-12-5-4-10(2)20-12/h8,10,12H,4-7H2,1-3H3,(H,18,19)(H,15,16,17)/t10-,12-/m1/s1. The number of aromatic nitrogens is 2. The number of hydrogen-bond acceptors (Lipinski definition) is 5. The Morgan fingerprint density at radius 3 is 2.85 bits per heavy atom. The molecule has 1 aromatic rings. The van der Waals surface area contributed by atoms with Gasteiger partial charge < -0.3 is 4.74 Å². The van der Waals surface area contributed by atoms with Crippen molar-refractivity contribution in [3.8, 4) is 0 Å². The van der Waals surface area contributed by atoms with Crippen LogP contribution >= 0.6 is 0 Å². The Labute approximate surface area is 119 Å². The molecule has 0 unspecified atom stereocenters. The Morgan fingerprint density at radius 2 is 2.20 bits per heavy atom. The monoisotopic (exact) mass is 278 g/mol. The number of nitrogens with one attached hydrogen (secondary N) is 2. The summed E-state index contributed by atoms with van der Waals surface area (Å²) in [6, 6.07) is 1.79. The van der Waals surface area contributed by atoms with Gasteiger partial charge in [-0.1, -0.05) is 0 Å². The van der Waals surface area contributed by atoms with Crippen LogP contribution in [0, 0.1) is 13.8 Å². The average Bonchev–Trinajstić information content (AvgIpc) is 2.79. The van der Waals surface area contributed by atoms with Crippen LogP contribution in [0.2, 0.25) is 0 Å². The van der Waals surface area contributed by atoms with Crippen LogP contribution in [0.3, 0.4) is 0 Å². The zero-order valence-corrected chi connectivity index (χ0v) is 12.3. The van der Waals surface area contributed by atoms with E-state index in [0.29, 0.717) is 24.2 Å². The molecule has 6 heteroatoms. The lowest BCUT2D eigenvalue weighted by molar-refractivity contribution is -0.121. The van der Waals surface area contributed by atoms with Gasteiger partial charge >= 0.3 is 0 Å². The van der Waals surface area contributed by atoms with E-state index in [0.717, 1.165) is 25.0 Å². The summed E-state index contributed by atoms with van der Waals surface area (Å²) in [5.41, 5.74) is 6.34. The molecule has 1 fully saturated rings. The highest BCUT2D eigenvalue weighted by atomic mass is 16.5. The van der Waals surface area contributed by atoms with Crippen LogP contribution in [0.1, 0.15) is 44.1 Å². The molecule has 0 spiro atoms. The number of nitrogens with zero attached hydrogens (tertiary/aromatic N) is 2. The summed E-state index contributed by atoms with van der Waals surface area (Å²) < 4.78 is 5.68. The summed E-state index contributed by atoms with van der Waals surface area (Å²) in [5, 5.41) is 0. The fraction of sp³-hybridized carbons (Fsp3) is 0.643. The van der Waals surface area contributed by atoms with E-state index >= 15 is 0 Å². The number of hydrazine groups is 1. The molecule has 0 bridgehead atoms. The molecule has 2 rings (SSSR count). The van der Waals surface area contributed by atoms with Gasteiger partial charge in [0, 0.05) is 18.2 Å². The van der Waals surface area contributed by atoms with Crippen molar-refractivity contribution in [2.75, 3.05) is 5.43 Å². The fourth-order valence-corrected chi connectivity index (χ4v) is 2.37. The number of aryl methyl sites for hydroxylation is 2. The number of amides is 1. The molecular weight excluding hydrogens is 256 g/mol. The summed E-state index contributed by atoms with van der Waals surface area (Å²) in [6.45, 7) is 5.78. The van der Waals surface area contributed by atoms with Crippen LogP contribution in [-0.4, -0.2) is 28.1 Å². The van der Waals surface area contributed by atoms with E-state index in [1.165, 1.54) is 0 Å². The fourth-order valence-electron chi connectivity index (χ4n) is 2.37. The van der Waals surface area contributed by atoms with Gasteiger partial charge in [0.05, 0.1) is 12.2 Å². The van der Waals surface area contributed by atoms with Crippen molar-refractivity contribution in [2.24, 2.45) is 0 Å². The number of carbonyl (C=O) groups excluding carboxylic acids is 1. The van der Waals surface area contributed by atoms with Crippen molar-refractivity contribution in [2.45, 2.75) is 58.7 Å². The summed E-state index contributed by atoms with van der Waals surface area (Å²) >= 11 is 0. The average molecular weight is 278 g/mol. The van der Waals surface area contributed by atoms with Gasteiger partial charge in [0.25, 0.3) is 0 Å². The molecule has 1 aromatic heterocycles. The molecule has 2 atom stereocenters. The van der Waals surface area contributed by atoms with Crippen molar-refractivity contribution in [1.82, 2.24) is 15.4 Å². The highest BCUT2D eigenvalue weighted by molar-refractivity contribution is 5.77. The second-order valence-corrected chi connectivity index (χ2v) is 5.30. The summed E-state index contributed by atoms with van der Waals surface area (Å²) in [5.74, 6) is 1.23. The highest BCUT2D eigenvalue weighted by Gasteiger charge is 2.22. The van der Waals surface area contributed by atoms with Gasteiger partial charge in [-0.25, -0.2) is 9.97 Å². The van der Waals surface area contributed by atoms with Gasteiger partial charge in [-0.15, -0.1) is 0 Å². The Kier molecular flexibility index (Phi) is 4.89. The molecule has 1 saturated heterocycles. The predicted octanol–water partition coefficient (Wildman–Crippen LogP) is 1.88. The number of carbonyl (C=O) groups is 1. The van der Waals surface area contributed by atoms with Crippen LogP contribution in [0.15, 0.2) is 6.07 Å². The molecule has 6 nitrogen and oxygen atoms in total. The molecule has 0 aliphatic carbocycles. The summed E-state index contributed by atoms with van der Waals surface area (Å²) in [4.78, 5) is 20.1. The topological polar surface area (TPSA) is 76.1 Å². The third-order valence-corrected chi connectivity index (χ3v) is 3.31. The molecule has 110 valence electrons. The van der Waals surface area contributed by atoms with E-state index in [9.17, 15) is 4.79 Å². The van der Waals surface area contributed by atoms with E-state index in [2.05, 4.69) is 27.7 Å². The van der Waals surface area contributed by atoms with E-state index in [1.54, 1.807) is 6.07 Å². The maximum Gasteiger partial charge on any atom is 0.238 e. The minimum atomic E-state index is -0.0536. The molecule has 1 amide bonds. The minimum Gasteiger partial charge on any atom is -0.375 e. The van der Waals surface area contributed by atoms with E-state index in [4.69, 9.17) is 4.74 Å². The highest BCUT2D eigenvalue weighted by Crippen LogP contribution is 2.22. The second-order valence-electron chi connectivity index (χ2n) is 5.30. The molecule has 0 aromatic carbocycles. The smallest absolute Gasteiger partial charge is 0.238 e. The molecule has 1 aliphatic heterocycles. The van der Waals surface area contributed by atoms with Gasteiger partial charge in [-0.2, -0.15) is 0 Å². The Balaban J connectivity index is 1.72. The molecule has 1 aliphatic rings. The zero-order chi connectivity index (χ0) is 14.5. The summed E-state index contributed by atoms with van der Waals surface area (Å²) in [6.07, 6.45) is 3.90. The Hall–Kier alpha value is -1.69. The maximum atomic E-state index is 11.8. The third-order valence-electron chi connectivity index (χ3n) is 3.31. The zero-order valence-electron chi connectivity index (χ0n) is 12.3. The van der Waals surface area contributed by atoms with Crippen LogP contribution in [0.4, 0.5) is 5.82 Å². The summed E-state index contributed by atoms with van der Waals surface area (Å²) in [7, 11) is 0. The molecule has 2 heterocycles. The second kappa shape index (κ2) is 6.65. The SMILES string of the molecule is Cc1cc(NNC(=O)CC[C@H]2CC[C@@H](C)O2)nc(C)n1. The van der Waals surface area contributed by atoms with Crippen molar-refractivity contribution in [1.29, 1.82) is 0 Å². The first-order chi connectivity index (χ1) is 9.52. The lowest BCUT2D eigenvalue weighted by atomic mass is 10.1. The van der Waals surface area contributed by atoms with Gasteiger partial charge in [-0.3, -0.25) is 15.6 Å². The van der Waals surface area contributed by atoms with Crippen LogP contribution in [0.5, 0.6) is 0 Å². The van der Waals surface area contributed by atoms with Crippen molar-refractivity contribution < 1.29 is 9.53 Å². The molecule has 20 heavy (non-hydrogen) atoms. The van der Waals surface area contributed by atoms with Crippen LogP contribution in [-0.2, 0) is 9.53 Å². The molecule has 0 saturated carbocycles. The molecule has 2 N–H and O–H groups in total. The number of hydrogen-bond donors (Lipinski definition) is 2. The van der Waals surface area contributed by atoms with Gasteiger partial charge in [0.2, 0.25) is 5.91 Å². The largest absolute Gasteiger partial charge is 0.375 e. The third kappa shape index (κ3) is 4.45. The first kappa shape index (κ1) is 14.7. The molecule has 0 radical (unpaired) electrons. The quantitative estimate of drug-likeness (QED) is 0.804. The maximum absolute atomic E-state index is 11.8. The lowest BCUT2D eigenvalue weighted by Gasteiger charge is -2.12. The Morgan fingerprint density at radius 1 is 1.40 bits per heavy atom. The minimum absolute atomic E-state index is 0.0536. The van der Waals surface area contributed by atoms with Crippen LogP contribution in [0.25, 0.3) is 0 Å². The van der Waals surface area contributed by atoms with Crippen molar-refractivity contribution >= 4 is 11.7 Å². The van der Waals surface area contributed by atoms with E-state index in [-0.39, 0.29) is 12.0 Å². The van der Waals surface area contributed by atoms with E-state index < -0.39 is 0 Å². The normalized spacial score (nSPS) is 21.8. The molecular formula is C14H22N4O2. The van der Waals surface area contributed by atoms with Gasteiger partial charge in [0.1, 0.15) is 11.6 Å². The Bertz CT molecular complexity index is 458. The predicted molar refractivity (Wildman–Crippen MR) is 76.1 cm³/mol. The van der Waals surface area contributed by atoms with E-state index in [1.807, 2.05) is 13.8 Å². The van der Waals surface area contributed by atoms with Gasteiger partial charge in [0.15, 0.2) is 0 Å². The number of anilines is 1. The van der Waals surface area contributed by atoms with Crippen molar-refractivity contribution in [3.63, 3.8) is 0 Å². The number of ether oxygens (including phenoxy) is 1. The van der Waals surface area contributed by atoms with Crippen molar-refractivity contribution in [3.05, 3.63) is 17.6 Å². The first-order valence-corrected chi connectivity index (χ1v) is 7.05. The van der Waals surface area contributed by atoms with Gasteiger partial charge in [-0.05, 0) is 40.0 Å². The lowest BCUT2D eigenvalue weighted by Crippen LogP contribution is -2.30. The first-order valence-electron chi connectivity index (χ1n) is 7.05.